The average molecular weight is 306 g/mol. The first-order chi connectivity index (χ1) is 10.6. The number of benzene rings is 1. The molecule has 0 spiro atoms. The van der Waals surface area contributed by atoms with E-state index in [1.54, 1.807) is 4.90 Å². The van der Waals surface area contributed by atoms with Crippen LogP contribution in [0.3, 0.4) is 0 Å². The van der Waals surface area contributed by atoms with Crippen LogP contribution in [0, 0.1) is 0 Å². The number of anilines is 2. The summed E-state index contributed by atoms with van der Waals surface area (Å²) in [6.45, 7) is 3.42. The fourth-order valence-electron chi connectivity index (χ4n) is 2.79. The Hall–Kier alpha value is -2.08. The summed E-state index contributed by atoms with van der Waals surface area (Å²) in [6, 6.07) is 5.82. The second kappa shape index (κ2) is 7.26. The summed E-state index contributed by atoms with van der Waals surface area (Å²) in [6.07, 6.45) is 1.22. The fraction of sp³-hybridized carbons (Fsp3) is 0.500. The van der Waals surface area contributed by atoms with Gasteiger partial charge < -0.3 is 20.0 Å². The smallest absolute Gasteiger partial charge is 0.305 e. The number of aliphatic carboxylic acids is 1. The summed E-state index contributed by atoms with van der Waals surface area (Å²) in [5, 5.41) is 17.9. The molecule has 0 aliphatic carbocycles. The number of rotatable bonds is 7. The van der Waals surface area contributed by atoms with E-state index in [2.05, 4.69) is 0 Å². The van der Waals surface area contributed by atoms with E-state index >= 15 is 0 Å². The summed E-state index contributed by atoms with van der Waals surface area (Å²) >= 11 is 0. The number of hydrogen-bond donors (Lipinski definition) is 2. The van der Waals surface area contributed by atoms with Crippen molar-refractivity contribution in [3.63, 3.8) is 0 Å². The van der Waals surface area contributed by atoms with Crippen LogP contribution < -0.4 is 9.80 Å². The lowest BCUT2D eigenvalue weighted by Crippen LogP contribution is -2.37. The van der Waals surface area contributed by atoms with Crippen LogP contribution in [0.4, 0.5) is 11.4 Å². The molecule has 0 fully saturated rings. The van der Waals surface area contributed by atoms with Gasteiger partial charge in [0.05, 0.1) is 13.0 Å². The Balaban J connectivity index is 2.23. The lowest BCUT2D eigenvalue weighted by Gasteiger charge is -2.31. The number of carboxylic acid groups (broad SMARTS) is 1. The summed E-state index contributed by atoms with van der Waals surface area (Å²) in [4.78, 5) is 26.3. The van der Waals surface area contributed by atoms with Gasteiger partial charge in [-0.3, -0.25) is 9.59 Å². The van der Waals surface area contributed by atoms with Crippen LogP contribution in [0.25, 0.3) is 0 Å². The van der Waals surface area contributed by atoms with Gasteiger partial charge in [0.25, 0.3) is 0 Å². The summed E-state index contributed by atoms with van der Waals surface area (Å²) < 4.78 is 0. The maximum atomic E-state index is 11.9. The van der Waals surface area contributed by atoms with Gasteiger partial charge in [-0.25, -0.2) is 0 Å². The monoisotopic (exact) mass is 306 g/mol. The first kappa shape index (κ1) is 16.3. The first-order valence-corrected chi connectivity index (χ1v) is 7.57. The van der Waals surface area contributed by atoms with Crippen LogP contribution in [0.1, 0.15) is 25.3 Å². The van der Waals surface area contributed by atoms with Crippen LogP contribution in [0.15, 0.2) is 18.2 Å². The molecule has 0 unspecified atom stereocenters. The van der Waals surface area contributed by atoms with Crippen molar-refractivity contribution in [2.75, 3.05) is 36.0 Å². The van der Waals surface area contributed by atoms with E-state index in [0.29, 0.717) is 25.9 Å². The van der Waals surface area contributed by atoms with Gasteiger partial charge in [0.2, 0.25) is 5.91 Å². The zero-order valence-electron chi connectivity index (χ0n) is 12.8. The van der Waals surface area contributed by atoms with Gasteiger partial charge in [0, 0.05) is 37.4 Å². The summed E-state index contributed by atoms with van der Waals surface area (Å²) in [5.74, 6) is -0.774. The number of amides is 1. The minimum Gasteiger partial charge on any atom is -0.481 e. The number of carbonyl (C=O) groups is 2. The third-order valence-electron chi connectivity index (χ3n) is 3.93. The van der Waals surface area contributed by atoms with Gasteiger partial charge in [0.15, 0.2) is 0 Å². The Morgan fingerprint density at radius 3 is 2.77 bits per heavy atom. The quantitative estimate of drug-likeness (QED) is 0.792. The number of hydrogen-bond acceptors (Lipinski definition) is 4. The highest BCUT2D eigenvalue weighted by molar-refractivity contribution is 5.96. The minimum absolute atomic E-state index is 0.0347. The van der Waals surface area contributed by atoms with Crippen LogP contribution >= 0.6 is 0 Å². The van der Waals surface area contributed by atoms with Gasteiger partial charge in [0.1, 0.15) is 0 Å². The van der Waals surface area contributed by atoms with Gasteiger partial charge in [-0.15, -0.1) is 0 Å². The zero-order chi connectivity index (χ0) is 16.1. The highest BCUT2D eigenvalue weighted by atomic mass is 16.4. The largest absolute Gasteiger partial charge is 0.481 e. The molecule has 2 N–H and O–H groups in total. The molecule has 6 heteroatoms. The van der Waals surface area contributed by atoms with E-state index in [1.807, 2.05) is 30.0 Å². The SMILES string of the molecule is CCN(CCC(=O)O)c1ccc2c(c1)CCC(=O)N2CCO. The predicted molar refractivity (Wildman–Crippen MR) is 84.3 cm³/mol. The molecule has 0 bridgehead atoms. The van der Waals surface area contributed by atoms with Gasteiger partial charge in [-0.2, -0.15) is 0 Å². The molecule has 0 aromatic heterocycles. The number of aliphatic hydroxyl groups is 1. The van der Waals surface area contributed by atoms with Crippen LogP contribution in [-0.2, 0) is 16.0 Å². The van der Waals surface area contributed by atoms with Crippen LogP contribution in [0.5, 0.6) is 0 Å². The molecule has 1 heterocycles. The average Bonchev–Trinajstić information content (AvgIpc) is 2.50. The highest BCUT2D eigenvalue weighted by Gasteiger charge is 2.24. The van der Waals surface area contributed by atoms with Crippen LogP contribution in [0.2, 0.25) is 0 Å². The number of aryl methyl sites for hydroxylation is 1. The van der Waals surface area contributed by atoms with Crippen molar-refractivity contribution >= 4 is 23.3 Å². The van der Waals surface area contributed by atoms with Crippen molar-refractivity contribution in [2.24, 2.45) is 0 Å². The Morgan fingerprint density at radius 2 is 2.14 bits per heavy atom. The molecule has 22 heavy (non-hydrogen) atoms. The molecule has 2 rings (SSSR count). The van der Waals surface area contributed by atoms with Crippen molar-refractivity contribution < 1.29 is 19.8 Å². The molecule has 1 aliphatic heterocycles. The second-order valence-corrected chi connectivity index (χ2v) is 5.31. The second-order valence-electron chi connectivity index (χ2n) is 5.31. The number of β-amino-alcohol motifs (C(OH)–C–C–N with tert-alkyl or cyclic N) is 1. The van der Waals surface area contributed by atoms with E-state index in [1.165, 1.54) is 0 Å². The number of nitrogens with zero attached hydrogens (tertiary/aromatic N) is 2. The van der Waals surface area contributed by atoms with Gasteiger partial charge in [-0.05, 0) is 37.1 Å². The maximum Gasteiger partial charge on any atom is 0.305 e. The van der Waals surface area contributed by atoms with Gasteiger partial charge >= 0.3 is 5.97 Å². The minimum atomic E-state index is -0.809. The Labute approximate surface area is 130 Å². The number of aliphatic hydroxyl groups excluding tert-OH is 1. The molecule has 120 valence electrons. The third-order valence-corrected chi connectivity index (χ3v) is 3.93. The molecule has 1 amide bonds. The molecule has 1 aromatic rings. The Morgan fingerprint density at radius 1 is 1.36 bits per heavy atom. The van der Waals surface area contributed by atoms with Crippen molar-refractivity contribution in [2.45, 2.75) is 26.2 Å². The summed E-state index contributed by atoms with van der Waals surface area (Å²) in [7, 11) is 0. The van der Waals surface area contributed by atoms with Crippen LogP contribution in [-0.4, -0.2) is 48.3 Å². The predicted octanol–water partition coefficient (Wildman–Crippen LogP) is 1.26. The van der Waals surface area contributed by atoms with E-state index in [4.69, 9.17) is 10.2 Å². The molecule has 0 radical (unpaired) electrons. The molecule has 0 saturated carbocycles. The normalized spacial score (nSPS) is 13.9. The number of carbonyl (C=O) groups excluding carboxylic acids is 1. The Bertz CT molecular complexity index is 559. The van der Waals surface area contributed by atoms with Gasteiger partial charge in [-0.1, -0.05) is 0 Å². The number of fused-ring (bicyclic) bond motifs is 1. The topological polar surface area (TPSA) is 81.1 Å². The van der Waals surface area contributed by atoms with E-state index in [9.17, 15) is 9.59 Å². The third kappa shape index (κ3) is 3.57. The molecule has 0 atom stereocenters. The van der Waals surface area contributed by atoms with Crippen molar-refractivity contribution in [3.8, 4) is 0 Å². The molecule has 1 aromatic carbocycles. The standard InChI is InChI=1S/C16H22N2O4/c1-2-17(8-7-16(21)22)13-4-5-14-12(11-13)3-6-15(20)18(14)9-10-19/h4-5,11,19H,2-3,6-10H2,1H3,(H,21,22). The molecular weight excluding hydrogens is 284 g/mol. The summed E-state index contributed by atoms with van der Waals surface area (Å²) in [5.41, 5.74) is 2.89. The zero-order valence-corrected chi connectivity index (χ0v) is 12.8. The lowest BCUT2D eigenvalue weighted by atomic mass is 10.00. The van der Waals surface area contributed by atoms with E-state index < -0.39 is 5.97 Å². The fourth-order valence-corrected chi connectivity index (χ4v) is 2.79. The van der Waals surface area contributed by atoms with Crippen molar-refractivity contribution in [1.29, 1.82) is 0 Å². The number of carboxylic acids is 1. The molecule has 1 aliphatic rings. The maximum absolute atomic E-state index is 11.9. The highest BCUT2D eigenvalue weighted by Crippen LogP contribution is 2.31. The molecular formula is C16H22N2O4. The Kier molecular flexibility index (Phi) is 5.38. The van der Waals surface area contributed by atoms with E-state index in [-0.39, 0.29) is 18.9 Å². The molecule has 6 nitrogen and oxygen atoms in total. The van der Waals surface area contributed by atoms with E-state index in [0.717, 1.165) is 23.5 Å². The lowest BCUT2D eigenvalue weighted by molar-refractivity contribution is -0.136. The molecule has 0 saturated heterocycles. The first-order valence-electron chi connectivity index (χ1n) is 7.57. The van der Waals surface area contributed by atoms with Crippen molar-refractivity contribution in [1.82, 2.24) is 0 Å². The van der Waals surface area contributed by atoms with Crippen molar-refractivity contribution in [3.05, 3.63) is 23.8 Å².